The van der Waals surface area contributed by atoms with E-state index < -0.39 is 5.97 Å². The highest BCUT2D eigenvalue weighted by Gasteiger charge is 2.08. The normalized spacial score (nSPS) is 9.96. The topological polar surface area (TPSA) is 65.0 Å². The van der Waals surface area contributed by atoms with Gasteiger partial charge in [-0.15, -0.1) is 0 Å². The second kappa shape index (κ2) is 7.89. The van der Waals surface area contributed by atoms with Crippen molar-refractivity contribution in [3.63, 3.8) is 0 Å². The summed E-state index contributed by atoms with van der Waals surface area (Å²) in [4.78, 5) is 11.4. The van der Waals surface area contributed by atoms with Crippen LogP contribution in [0.1, 0.15) is 13.3 Å². The zero-order valence-electron chi connectivity index (χ0n) is 12.8. The van der Waals surface area contributed by atoms with Crippen molar-refractivity contribution >= 4 is 5.97 Å². The van der Waals surface area contributed by atoms with Crippen LogP contribution in [0.2, 0.25) is 0 Å². The van der Waals surface area contributed by atoms with E-state index in [1.54, 1.807) is 36.4 Å². The standard InChI is InChI=1S/C18H18O5/c1-3-8-21-15-10-16(12-17(11-15)23-18(20)4-2)22-14-7-5-6-13(19)9-14/h4-7,9-12,19H,2-3,8H2,1H3. The molecule has 5 nitrogen and oxygen atoms in total. The van der Waals surface area contributed by atoms with Crippen molar-refractivity contribution in [3.05, 3.63) is 55.1 Å². The number of hydrogen-bond donors (Lipinski definition) is 1. The lowest BCUT2D eigenvalue weighted by atomic mass is 10.3. The fourth-order valence-electron chi connectivity index (χ4n) is 1.81. The number of benzene rings is 2. The third-order valence-corrected chi connectivity index (χ3v) is 2.76. The van der Waals surface area contributed by atoms with E-state index in [-0.39, 0.29) is 5.75 Å². The van der Waals surface area contributed by atoms with Crippen LogP contribution in [0.3, 0.4) is 0 Å². The Morgan fingerprint density at radius 2 is 1.87 bits per heavy atom. The number of carbonyl (C=O) groups excluding carboxylic acids is 1. The molecule has 0 aromatic heterocycles. The Morgan fingerprint density at radius 3 is 2.57 bits per heavy atom. The molecule has 0 amide bonds. The Balaban J connectivity index is 2.26. The summed E-state index contributed by atoms with van der Waals surface area (Å²) in [6, 6.07) is 11.2. The summed E-state index contributed by atoms with van der Waals surface area (Å²) in [6.45, 7) is 5.89. The number of rotatable bonds is 7. The van der Waals surface area contributed by atoms with Crippen molar-refractivity contribution in [1.29, 1.82) is 0 Å². The van der Waals surface area contributed by atoms with Crippen LogP contribution in [0, 0.1) is 0 Å². The van der Waals surface area contributed by atoms with Crippen LogP contribution in [0.25, 0.3) is 0 Å². The number of esters is 1. The van der Waals surface area contributed by atoms with Gasteiger partial charge < -0.3 is 19.3 Å². The lowest BCUT2D eigenvalue weighted by molar-refractivity contribution is -0.128. The van der Waals surface area contributed by atoms with Crippen molar-refractivity contribution in [1.82, 2.24) is 0 Å². The monoisotopic (exact) mass is 314 g/mol. The van der Waals surface area contributed by atoms with E-state index in [1.165, 1.54) is 6.07 Å². The number of aromatic hydroxyl groups is 1. The molecule has 0 aliphatic rings. The van der Waals surface area contributed by atoms with Gasteiger partial charge in [0.25, 0.3) is 0 Å². The minimum atomic E-state index is -0.569. The predicted molar refractivity (Wildman–Crippen MR) is 86.2 cm³/mol. The summed E-state index contributed by atoms with van der Waals surface area (Å²) in [5.74, 6) is 1.23. The van der Waals surface area contributed by atoms with Crippen LogP contribution in [-0.4, -0.2) is 17.7 Å². The average Bonchev–Trinajstić information content (AvgIpc) is 2.52. The van der Waals surface area contributed by atoms with E-state index in [9.17, 15) is 9.90 Å². The molecule has 1 N–H and O–H groups in total. The minimum Gasteiger partial charge on any atom is -0.508 e. The third-order valence-electron chi connectivity index (χ3n) is 2.76. The van der Waals surface area contributed by atoms with Gasteiger partial charge in [0.05, 0.1) is 6.61 Å². The zero-order valence-corrected chi connectivity index (χ0v) is 12.8. The molecule has 0 atom stereocenters. The highest BCUT2D eigenvalue weighted by atomic mass is 16.5. The second-order valence-electron chi connectivity index (χ2n) is 4.71. The average molecular weight is 314 g/mol. The molecule has 2 aromatic carbocycles. The number of phenolic OH excluding ortho intramolecular Hbond substituents is 1. The molecule has 0 unspecified atom stereocenters. The van der Waals surface area contributed by atoms with E-state index in [0.29, 0.717) is 29.6 Å². The molecule has 0 aliphatic carbocycles. The van der Waals surface area contributed by atoms with Crippen LogP contribution < -0.4 is 14.2 Å². The largest absolute Gasteiger partial charge is 0.508 e. The molecule has 0 radical (unpaired) electrons. The summed E-state index contributed by atoms with van der Waals surface area (Å²) < 4.78 is 16.4. The summed E-state index contributed by atoms with van der Waals surface area (Å²) in [6.07, 6.45) is 1.93. The maximum atomic E-state index is 11.4. The second-order valence-corrected chi connectivity index (χ2v) is 4.71. The molecule has 0 fully saturated rings. The van der Waals surface area contributed by atoms with Gasteiger partial charge in [0.1, 0.15) is 28.7 Å². The summed E-state index contributed by atoms with van der Waals surface area (Å²) in [7, 11) is 0. The highest BCUT2D eigenvalue weighted by Crippen LogP contribution is 2.32. The first-order valence-electron chi connectivity index (χ1n) is 7.19. The number of hydrogen-bond acceptors (Lipinski definition) is 5. The van der Waals surface area contributed by atoms with E-state index in [1.807, 2.05) is 6.92 Å². The predicted octanol–water partition coefficient (Wildman–Crippen LogP) is 4.06. The smallest absolute Gasteiger partial charge is 0.335 e. The Morgan fingerprint density at radius 1 is 1.13 bits per heavy atom. The Labute approximate surface area is 134 Å². The first-order chi connectivity index (χ1) is 11.1. The van der Waals surface area contributed by atoms with Crippen molar-refractivity contribution in [3.8, 4) is 28.7 Å². The molecule has 2 aromatic rings. The molecule has 5 heteroatoms. The van der Waals surface area contributed by atoms with Crippen molar-refractivity contribution in [2.75, 3.05) is 6.61 Å². The van der Waals surface area contributed by atoms with Gasteiger partial charge in [-0.05, 0) is 18.6 Å². The van der Waals surface area contributed by atoms with Gasteiger partial charge >= 0.3 is 5.97 Å². The van der Waals surface area contributed by atoms with E-state index in [2.05, 4.69) is 6.58 Å². The van der Waals surface area contributed by atoms with Crippen molar-refractivity contribution < 1.29 is 24.1 Å². The Bertz CT molecular complexity index is 694. The molecular formula is C18H18O5. The maximum absolute atomic E-state index is 11.4. The molecular weight excluding hydrogens is 296 g/mol. The molecule has 0 aliphatic heterocycles. The summed E-state index contributed by atoms with van der Waals surface area (Å²) >= 11 is 0. The molecule has 0 bridgehead atoms. The Kier molecular flexibility index (Phi) is 5.63. The van der Waals surface area contributed by atoms with Crippen LogP contribution in [0.15, 0.2) is 55.1 Å². The minimum absolute atomic E-state index is 0.0965. The van der Waals surface area contributed by atoms with Crippen molar-refractivity contribution in [2.24, 2.45) is 0 Å². The summed E-state index contributed by atoms with van der Waals surface area (Å²) in [5, 5.41) is 9.48. The maximum Gasteiger partial charge on any atom is 0.335 e. The quantitative estimate of drug-likeness (QED) is 0.474. The van der Waals surface area contributed by atoms with Crippen LogP contribution >= 0.6 is 0 Å². The summed E-state index contributed by atoms with van der Waals surface area (Å²) in [5.41, 5.74) is 0. The number of carbonyl (C=O) groups is 1. The fraction of sp³-hybridized carbons (Fsp3) is 0.167. The van der Waals surface area contributed by atoms with Crippen molar-refractivity contribution in [2.45, 2.75) is 13.3 Å². The number of phenols is 1. The molecule has 0 heterocycles. The van der Waals surface area contributed by atoms with Gasteiger partial charge in [0.15, 0.2) is 0 Å². The molecule has 2 rings (SSSR count). The van der Waals surface area contributed by atoms with Gasteiger partial charge in [-0.2, -0.15) is 0 Å². The SMILES string of the molecule is C=CC(=O)Oc1cc(OCCC)cc(Oc2cccc(O)c2)c1. The molecule has 0 saturated heterocycles. The van der Waals surface area contributed by atoms with Gasteiger partial charge in [-0.25, -0.2) is 4.79 Å². The molecule has 120 valence electrons. The van der Waals surface area contributed by atoms with Gasteiger partial charge in [0, 0.05) is 30.3 Å². The van der Waals surface area contributed by atoms with Crippen LogP contribution in [0.5, 0.6) is 28.7 Å². The van der Waals surface area contributed by atoms with Gasteiger partial charge in [-0.3, -0.25) is 0 Å². The van der Waals surface area contributed by atoms with Crippen LogP contribution in [-0.2, 0) is 4.79 Å². The van der Waals surface area contributed by atoms with E-state index in [0.717, 1.165) is 12.5 Å². The zero-order chi connectivity index (χ0) is 16.7. The third kappa shape index (κ3) is 5.07. The lowest BCUT2D eigenvalue weighted by Gasteiger charge is -2.11. The molecule has 23 heavy (non-hydrogen) atoms. The lowest BCUT2D eigenvalue weighted by Crippen LogP contribution is -2.04. The van der Waals surface area contributed by atoms with Gasteiger partial charge in [0.2, 0.25) is 0 Å². The first kappa shape index (κ1) is 16.4. The van der Waals surface area contributed by atoms with Gasteiger partial charge in [-0.1, -0.05) is 19.6 Å². The molecule has 0 spiro atoms. The van der Waals surface area contributed by atoms with E-state index >= 15 is 0 Å². The van der Waals surface area contributed by atoms with Crippen LogP contribution in [0.4, 0.5) is 0 Å². The van der Waals surface area contributed by atoms with E-state index in [4.69, 9.17) is 14.2 Å². The highest BCUT2D eigenvalue weighted by molar-refractivity contribution is 5.83. The molecule has 0 saturated carbocycles. The first-order valence-corrected chi connectivity index (χ1v) is 7.19. The number of ether oxygens (including phenoxy) is 3. The fourth-order valence-corrected chi connectivity index (χ4v) is 1.81. The Hall–Kier alpha value is -2.95.